The number of benzene rings is 5. The lowest BCUT2D eigenvalue weighted by Crippen LogP contribution is -2.34. The topological polar surface area (TPSA) is 265 Å². The molecule has 81 heavy (non-hydrogen) atoms. The number of aliphatic hydroxyl groups excluding tert-OH is 1. The molecule has 7 aromatic rings. The highest BCUT2D eigenvalue weighted by Gasteiger charge is 2.54. The van der Waals surface area contributed by atoms with Crippen LogP contribution in [0.25, 0.3) is 33.5 Å². The molecule has 4 atom stereocenters. The molecule has 5 aromatic carbocycles. The second kappa shape index (κ2) is 25.0. The van der Waals surface area contributed by atoms with Crippen molar-refractivity contribution in [1.82, 2.24) is 25.6 Å². The predicted octanol–water partition coefficient (Wildman–Crippen LogP) is 6.77. The Bertz CT molecular complexity index is 3350. The van der Waals surface area contributed by atoms with E-state index in [1.54, 1.807) is 36.4 Å². The van der Waals surface area contributed by atoms with Gasteiger partial charge in [-0.3, -0.25) is 4.79 Å². The number of aromatic nitrogens is 3. The smallest absolute Gasteiger partial charge is 0.340 e. The summed E-state index contributed by atoms with van der Waals surface area (Å²) >= 11 is 12.2. The number of hydrogen-bond acceptors (Lipinski definition) is 18. The lowest BCUT2D eigenvalue weighted by atomic mass is 9.77. The number of aromatic hydroxyl groups is 2. The predicted molar refractivity (Wildman–Crippen MR) is 298 cm³/mol. The van der Waals surface area contributed by atoms with Gasteiger partial charge in [0.15, 0.2) is 22.5 Å². The highest BCUT2D eigenvalue weighted by Crippen LogP contribution is 2.57. The van der Waals surface area contributed by atoms with E-state index in [1.807, 2.05) is 48.5 Å². The molecule has 2 aromatic heterocycles. The quantitative estimate of drug-likeness (QED) is 0.0187. The Morgan fingerprint density at radius 2 is 1.32 bits per heavy atom. The minimum atomic E-state index is -1.35. The van der Waals surface area contributed by atoms with Crippen molar-refractivity contribution in [2.75, 3.05) is 91.1 Å². The van der Waals surface area contributed by atoms with Crippen molar-refractivity contribution in [1.29, 1.82) is 0 Å². The number of rotatable bonds is 24. The third-order valence-corrected chi connectivity index (χ3v) is 14.4. The summed E-state index contributed by atoms with van der Waals surface area (Å²) in [6.45, 7) is 4.44. The van der Waals surface area contributed by atoms with Crippen LogP contribution in [0.15, 0.2) is 109 Å². The number of H-pyrrole nitrogens is 1. The highest BCUT2D eigenvalue weighted by atomic mass is 35.5. The number of amides is 1. The minimum absolute atomic E-state index is 0.0213. The van der Waals surface area contributed by atoms with E-state index >= 15 is 0 Å². The Labute approximate surface area is 474 Å². The van der Waals surface area contributed by atoms with Gasteiger partial charge < -0.3 is 83.6 Å². The monoisotopic (exact) mass is 1140 g/mol. The van der Waals surface area contributed by atoms with Gasteiger partial charge in [-0.15, -0.1) is 0 Å². The van der Waals surface area contributed by atoms with Crippen LogP contribution >= 0.6 is 23.8 Å². The first-order chi connectivity index (χ1) is 39.5. The second-order valence-corrected chi connectivity index (χ2v) is 20.0. The number of phenolic OH excluding ortho intramolecular Hbond substituents is 2. The Morgan fingerprint density at radius 1 is 0.704 bits per heavy atom. The Morgan fingerprint density at radius 3 is 2.02 bits per heavy atom. The molecule has 2 fully saturated rings. The minimum Gasteiger partial charge on any atom is -0.508 e. The number of carbonyl (C=O) groups excluding carboxylic acids is 2. The zero-order valence-corrected chi connectivity index (χ0v) is 45.1. The first kappa shape index (κ1) is 55.3. The lowest BCUT2D eigenvalue weighted by molar-refractivity contribution is -0.122. The number of pyridine rings is 1. The first-order valence-electron chi connectivity index (χ1n) is 26.3. The van der Waals surface area contributed by atoms with Crippen LogP contribution in [0.3, 0.4) is 0 Å². The van der Waals surface area contributed by atoms with E-state index < -0.39 is 29.9 Å². The normalized spacial score (nSPS) is 18.1. The molecule has 4 aliphatic heterocycles. The van der Waals surface area contributed by atoms with Crippen molar-refractivity contribution in [3.63, 3.8) is 0 Å². The maximum atomic E-state index is 13.4. The number of halogens is 1. The van der Waals surface area contributed by atoms with E-state index in [9.17, 15) is 24.9 Å². The van der Waals surface area contributed by atoms with Gasteiger partial charge >= 0.3 is 5.97 Å². The van der Waals surface area contributed by atoms with E-state index in [1.165, 1.54) is 24.3 Å². The number of ether oxygens (including phenoxy) is 10. The molecule has 0 radical (unpaired) electrons. The van der Waals surface area contributed by atoms with E-state index in [4.69, 9.17) is 76.2 Å². The van der Waals surface area contributed by atoms with Crippen molar-refractivity contribution in [3.05, 3.63) is 136 Å². The van der Waals surface area contributed by atoms with Gasteiger partial charge in [-0.1, -0.05) is 54.1 Å². The van der Waals surface area contributed by atoms with E-state index in [0.717, 1.165) is 16.7 Å². The van der Waals surface area contributed by atoms with Gasteiger partial charge in [-0.2, -0.15) is 4.98 Å². The van der Waals surface area contributed by atoms with Gasteiger partial charge in [0.25, 0.3) is 6.01 Å². The van der Waals surface area contributed by atoms with Crippen molar-refractivity contribution < 1.29 is 72.3 Å². The van der Waals surface area contributed by atoms with E-state index in [2.05, 4.69) is 25.9 Å². The summed E-state index contributed by atoms with van der Waals surface area (Å²) < 4.78 is 57.7. The average Bonchev–Trinajstić information content (AvgIpc) is 3.54. The molecule has 2 saturated heterocycles. The van der Waals surface area contributed by atoms with Crippen LogP contribution < -0.4 is 30.2 Å². The molecule has 11 rings (SSSR count). The average molecular weight is 1150 g/mol. The fourth-order valence-electron chi connectivity index (χ4n) is 9.98. The van der Waals surface area contributed by atoms with Crippen LogP contribution in [0.1, 0.15) is 33.5 Å². The first-order valence-corrected chi connectivity index (χ1v) is 27.1. The van der Waals surface area contributed by atoms with E-state index in [0.29, 0.717) is 138 Å². The standard InChI is InChI=1S/C58H57ClN6O15S/c59-44-30-45-54(65-56(63-45)79-49-32-77-52-46(68)31-76-53(49)52)64-51(44)35-3-1-33(2-4-35)34-5-10-39(11-6-34)75-20-17-60-50(69)15-18-71-21-23-73-25-26-74-24-22-72-19-16-61-57(81)62-36-7-12-41-40(27-36)55(70)80-58(41)42-13-8-37(66)28-47(42)78-48-29-38(67)9-14-43(48)58/h1-14,27-30,46,49,52-53,66-68H,15-26,31-32H2,(H,60,69)(H2,61,62,81)(H,63,64,65)/t46-,49-,52-,53-/m1/s1. The van der Waals surface area contributed by atoms with Crippen LogP contribution in [0, 0.1) is 0 Å². The molecule has 0 saturated carbocycles. The summed E-state index contributed by atoms with van der Waals surface area (Å²) in [6, 6.07) is 32.1. The lowest BCUT2D eigenvalue weighted by Gasteiger charge is -2.36. The van der Waals surface area contributed by atoms with Crippen molar-refractivity contribution in [2.45, 2.75) is 36.4 Å². The molecule has 0 bridgehead atoms. The Kier molecular flexibility index (Phi) is 17.1. The zero-order chi connectivity index (χ0) is 55.9. The van der Waals surface area contributed by atoms with Crippen molar-refractivity contribution >= 4 is 57.7 Å². The third kappa shape index (κ3) is 12.5. The molecule has 4 aliphatic rings. The number of phenols is 2. The SMILES string of the molecule is O=C(CCOCCOCCOCCOCCNC(=S)Nc1ccc2c(c1)C(=O)OC21c2ccc(O)cc2Oc2cc(O)ccc21)NCCOc1ccc(-c2ccc(-c3nc4nc(O[C@@H]5CO[C@H]6[C@@H]5OC[C@H]6O)[nH]c4cc3Cl)cc2)cc1. The number of hydrogen-bond donors (Lipinski definition) is 7. The van der Waals surface area contributed by atoms with Crippen molar-refractivity contribution in [3.8, 4) is 57.1 Å². The van der Waals surface area contributed by atoms with Gasteiger partial charge in [0.1, 0.15) is 53.7 Å². The molecule has 1 amide bonds. The van der Waals surface area contributed by atoms with Gasteiger partial charge in [0, 0.05) is 53.0 Å². The number of anilines is 1. The summed E-state index contributed by atoms with van der Waals surface area (Å²) in [5.41, 5.74) is 5.69. The highest BCUT2D eigenvalue weighted by molar-refractivity contribution is 7.80. The van der Waals surface area contributed by atoms with Gasteiger partial charge in [-0.25, -0.2) is 9.78 Å². The number of nitrogens with zero attached hydrogens (tertiary/aromatic N) is 2. The van der Waals surface area contributed by atoms with Crippen LogP contribution in [-0.4, -0.2) is 157 Å². The molecule has 7 N–H and O–H groups in total. The Hall–Kier alpha value is -7.64. The molecular formula is C58H57ClN6O15S. The summed E-state index contributed by atoms with van der Waals surface area (Å²) in [5, 5.41) is 40.2. The molecule has 6 heterocycles. The number of aliphatic hydroxyl groups is 1. The summed E-state index contributed by atoms with van der Waals surface area (Å²) in [6.07, 6.45) is -1.64. The third-order valence-electron chi connectivity index (χ3n) is 13.8. The maximum Gasteiger partial charge on any atom is 0.340 e. The molecule has 0 unspecified atom stereocenters. The molecule has 23 heteroatoms. The molecule has 1 spiro atoms. The van der Waals surface area contributed by atoms with Crippen LogP contribution in [0.4, 0.5) is 5.69 Å². The van der Waals surface area contributed by atoms with E-state index in [-0.39, 0.29) is 55.8 Å². The van der Waals surface area contributed by atoms with Crippen LogP contribution in [0.5, 0.6) is 34.8 Å². The van der Waals surface area contributed by atoms with Crippen molar-refractivity contribution in [2.24, 2.45) is 0 Å². The maximum absolute atomic E-state index is 13.4. The molecule has 21 nitrogen and oxygen atoms in total. The number of carbonyl (C=O) groups is 2. The number of imidazole rings is 1. The summed E-state index contributed by atoms with van der Waals surface area (Å²) in [7, 11) is 0. The molecule has 0 aliphatic carbocycles. The van der Waals surface area contributed by atoms with Crippen LogP contribution in [0.2, 0.25) is 5.02 Å². The van der Waals surface area contributed by atoms with Crippen LogP contribution in [-0.2, 0) is 43.6 Å². The molecule has 422 valence electrons. The second-order valence-electron chi connectivity index (χ2n) is 19.2. The number of nitrogens with one attached hydrogen (secondary N) is 4. The van der Waals surface area contributed by atoms with Gasteiger partial charge in [0.2, 0.25) is 5.91 Å². The summed E-state index contributed by atoms with van der Waals surface area (Å²) in [5.74, 6) is 0.552. The Balaban J connectivity index is 0.503. The number of fused-ring (bicyclic) bond motifs is 8. The number of esters is 1. The summed E-state index contributed by atoms with van der Waals surface area (Å²) in [4.78, 5) is 38.1. The number of thiocarbonyl (C=S) groups is 1. The molecular weight excluding hydrogens is 1090 g/mol. The largest absolute Gasteiger partial charge is 0.508 e. The fourth-order valence-corrected chi connectivity index (χ4v) is 10.5. The zero-order valence-electron chi connectivity index (χ0n) is 43.5. The fraction of sp³-hybridized carbons (Fsp3) is 0.328. The van der Waals surface area contributed by atoms with Gasteiger partial charge in [0.05, 0.1) is 94.4 Å². The number of aromatic amines is 1. The van der Waals surface area contributed by atoms with Gasteiger partial charge in [-0.05, 0) is 77.9 Å².